The van der Waals surface area contributed by atoms with Gasteiger partial charge in [-0.25, -0.2) is 0 Å². The topological polar surface area (TPSA) is 78.5 Å². The maximum Gasteiger partial charge on any atom is 0.266 e. The van der Waals surface area contributed by atoms with E-state index in [0.717, 1.165) is 24.1 Å². The normalized spacial score (nSPS) is 13.3. The third-order valence-electron chi connectivity index (χ3n) is 5.21. The molecule has 164 valence electrons. The molecule has 6 nitrogen and oxygen atoms in total. The third-order valence-corrected chi connectivity index (χ3v) is 6.69. The number of benzene rings is 2. The molecule has 2 heterocycles. The van der Waals surface area contributed by atoms with Crippen LogP contribution in [0.5, 0.6) is 0 Å². The number of amides is 3. The second-order valence-corrected chi connectivity index (χ2v) is 9.09. The van der Waals surface area contributed by atoms with Crippen molar-refractivity contribution in [2.45, 2.75) is 26.3 Å². The lowest BCUT2D eigenvalue weighted by Crippen LogP contribution is -2.23. The van der Waals surface area contributed by atoms with Crippen molar-refractivity contribution in [1.82, 2.24) is 4.90 Å². The smallest absolute Gasteiger partial charge is 0.266 e. The summed E-state index contributed by atoms with van der Waals surface area (Å²) < 4.78 is 0. The van der Waals surface area contributed by atoms with Gasteiger partial charge in [0.1, 0.15) is 0 Å². The van der Waals surface area contributed by atoms with Crippen molar-refractivity contribution in [2.24, 2.45) is 0 Å². The number of halogens is 1. The molecule has 0 bridgehead atoms. The summed E-state index contributed by atoms with van der Waals surface area (Å²) in [6.45, 7) is 3.14. The van der Waals surface area contributed by atoms with Gasteiger partial charge in [-0.05, 0) is 54.8 Å². The number of carbonyl (C=O) groups excluding carboxylic acids is 3. The average molecular weight is 468 g/mol. The zero-order valence-corrected chi connectivity index (χ0v) is 19.1. The highest BCUT2D eigenvalue weighted by Crippen LogP contribution is 2.29. The minimum atomic E-state index is -0.326. The van der Waals surface area contributed by atoms with Gasteiger partial charge >= 0.3 is 0 Å². The molecular formula is C24H22ClN3O3S. The van der Waals surface area contributed by atoms with Crippen LogP contribution in [0.25, 0.3) is 0 Å². The standard InChI is InChI=1S/C24H22ClN3O3S/c1-15-12-20(27-23(30)18-8-2-3-9-19(18)25)32-22(15)24(31)26-17-7-4-6-16(13-17)14-28-11-5-10-21(28)29/h2-4,6-9,12-13H,5,10-11,14H2,1H3,(H,26,31)(H,27,30). The molecule has 1 aliphatic rings. The Kier molecular flexibility index (Phi) is 6.58. The molecule has 4 rings (SSSR count). The minimum Gasteiger partial charge on any atom is -0.338 e. The number of nitrogens with one attached hydrogen (secondary N) is 2. The first-order valence-corrected chi connectivity index (χ1v) is 11.4. The first-order valence-electron chi connectivity index (χ1n) is 10.2. The first-order chi connectivity index (χ1) is 15.4. The van der Waals surface area contributed by atoms with Gasteiger partial charge in [0.15, 0.2) is 0 Å². The highest BCUT2D eigenvalue weighted by Gasteiger charge is 2.20. The molecule has 0 spiro atoms. The zero-order valence-electron chi connectivity index (χ0n) is 17.5. The van der Waals surface area contributed by atoms with Gasteiger partial charge < -0.3 is 15.5 Å². The van der Waals surface area contributed by atoms with Gasteiger partial charge in [-0.3, -0.25) is 14.4 Å². The van der Waals surface area contributed by atoms with E-state index < -0.39 is 0 Å². The highest BCUT2D eigenvalue weighted by molar-refractivity contribution is 7.18. The molecule has 1 saturated heterocycles. The molecule has 2 aromatic carbocycles. The van der Waals surface area contributed by atoms with Crippen LogP contribution in [0.1, 0.15) is 44.0 Å². The van der Waals surface area contributed by atoms with Crippen molar-refractivity contribution in [3.63, 3.8) is 0 Å². The predicted molar refractivity (Wildman–Crippen MR) is 128 cm³/mol. The van der Waals surface area contributed by atoms with Crippen molar-refractivity contribution in [3.05, 3.63) is 81.2 Å². The van der Waals surface area contributed by atoms with E-state index in [1.54, 1.807) is 30.3 Å². The Bertz CT molecular complexity index is 1190. The third kappa shape index (κ3) is 5.00. The summed E-state index contributed by atoms with van der Waals surface area (Å²) in [5.74, 6) is -0.409. The molecule has 8 heteroatoms. The van der Waals surface area contributed by atoms with Gasteiger partial charge in [0.05, 0.1) is 20.5 Å². The minimum absolute atomic E-state index is 0.167. The van der Waals surface area contributed by atoms with E-state index in [-0.39, 0.29) is 17.7 Å². The van der Waals surface area contributed by atoms with E-state index >= 15 is 0 Å². The van der Waals surface area contributed by atoms with E-state index in [0.29, 0.717) is 39.1 Å². The van der Waals surface area contributed by atoms with Crippen LogP contribution in [-0.4, -0.2) is 29.2 Å². The molecule has 32 heavy (non-hydrogen) atoms. The fourth-order valence-corrected chi connectivity index (χ4v) is 4.81. The quantitative estimate of drug-likeness (QED) is 0.513. The summed E-state index contributed by atoms with van der Waals surface area (Å²) in [6, 6.07) is 16.1. The summed E-state index contributed by atoms with van der Waals surface area (Å²) in [6.07, 6.45) is 1.49. The van der Waals surface area contributed by atoms with Crippen LogP contribution in [0.2, 0.25) is 5.02 Å². The van der Waals surface area contributed by atoms with E-state index in [4.69, 9.17) is 11.6 Å². The number of hydrogen-bond donors (Lipinski definition) is 2. The van der Waals surface area contributed by atoms with Crippen molar-refractivity contribution in [1.29, 1.82) is 0 Å². The maximum absolute atomic E-state index is 12.9. The van der Waals surface area contributed by atoms with E-state index in [1.165, 1.54) is 11.3 Å². The Morgan fingerprint density at radius 1 is 1.06 bits per heavy atom. The Morgan fingerprint density at radius 2 is 1.88 bits per heavy atom. The number of aryl methyl sites for hydroxylation is 1. The monoisotopic (exact) mass is 467 g/mol. The van der Waals surface area contributed by atoms with Gasteiger partial charge in [0, 0.05) is 25.2 Å². The second-order valence-electron chi connectivity index (χ2n) is 7.63. The fourth-order valence-electron chi connectivity index (χ4n) is 3.62. The molecule has 0 unspecified atom stereocenters. The molecule has 1 aliphatic heterocycles. The van der Waals surface area contributed by atoms with E-state index in [9.17, 15) is 14.4 Å². The van der Waals surface area contributed by atoms with Gasteiger partial charge in [0.25, 0.3) is 11.8 Å². The van der Waals surface area contributed by atoms with Gasteiger partial charge in [-0.2, -0.15) is 0 Å². The number of hydrogen-bond acceptors (Lipinski definition) is 4. The average Bonchev–Trinajstić information content (AvgIpc) is 3.33. The van der Waals surface area contributed by atoms with E-state index in [1.807, 2.05) is 36.1 Å². The van der Waals surface area contributed by atoms with Gasteiger partial charge in [-0.1, -0.05) is 35.9 Å². The van der Waals surface area contributed by atoms with Crippen molar-refractivity contribution in [3.8, 4) is 0 Å². The van der Waals surface area contributed by atoms with Crippen LogP contribution in [0, 0.1) is 6.92 Å². The molecule has 0 aliphatic carbocycles. The van der Waals surface area contributed by atoms with Crippen LogP contribution < -0.4 is 10.6 Å². The van der Waals surface area contributed by atoms with Crippen LogP contribution in [0.3, 0.4) is 0 Å². The highest BCUT2D eigenvalue weighted by atomic mass is 35.5. The van der Waals surface area contributed by atoms with Crippen molar-refractivity contribution >= 4 is 51.3 Å². The largest absolute Gasteiger partial charge is 0.338 e. The Morgan fingerprint density at radius 3 is 2.62 bits per heavy atom. The zero-order chi connectivity index (χ0) is 22.7. The predicted octanol–water partition coefficient (Wildman–Crippen LogP) is 5.34. The molecular weight excluding hydrogens is 446 g/mol. The Hall–Kier alpha value is -3.16. The molecule has 0 saturated carbocycles. The van der Waals surface area contributed by atoms with Crippen LogP contribution in [-0.2, 0) is 11.3 Å². The van der Waals surface area contributed by atoms with Crippen molar-refractivity contribution < 1.29 is 14.4 Å². The second kappa shape index (κ2) is 9.54. The van der Waals surface area contributed by atoms with Gasteiger partial charge in [-0.15, -0.1) is 11.3 Å². The lowest BCUT2D eigenvalue weighted by Gasteiger charge is -2.16. The number of thiophene rings is 1. The molecule has 0 radical (unpaired) electrons. The molecule has 1 aromatic heterocycles. The number of likely N-dealkylation sites (tertiary alicyclic amines) is 1. The Labute approximate surface area is 195 Å². The molecule has 0 atom stereocenters. The summed E-state index contributed by atoms with van der Waals surface area (Å²) >= 11 is 7.30. The summed E-state index contributed by atoms with van der Waals surface area (Å²) in [5.41, 5.74) is 2.77. The lowest BCUT2D eigenvalue weighted by atomic mass is 10.2. The summed E-state index contributed by atoms with van der Waals surface area (Å²) in [4.78, 5) is 39.6. The number of rotatable bonds is 6. The number of anilines is 2. The maximum atomic E-state index is 12.9. The first kappa shape index (κ1) is 22.0. The Balaban J connectivity index is 1.43. The summed E-state index contributed by atoms with van der Waals surface area (Å²) in [7, 11) is 0. The molecule has 3 amide bonds. The molecule has 1 fully saturated rings. The van der Waals surface area contributed by atoms with Gasteiger partial charge in [0.2, 0.25) is 5.91 Å². The SMILES string of the molecule is Cc1cc(NC(=O)c2ccccc2Cl)sc1C(=O)Nc1cccc(CN2CCCC2=O)c1. The lowest BCUT2D eigenvalue weighted by molar-refractivity contribution is -0.128. The molecule has 3 aromatic rings. The van der Waals surface area contributed by atoms with Crippen LogP contribution in [0.15, 0.2) is 54.6 Å². The fraction of sp³-hybridized carbons (Fsp3) is 0.208. The van der Waals surface area contributed by atoms with Crippen molar-refractivity contribution in [2.75, 3.05) is 17.2 Å². The number of nitrogens with zero attached hydrogens (tertiary/aromatic N) is 1. The van der Waals surface area contributed by atoms with Crippen LogP contribution >= 0.6 is 22.9 Å². The summed E-state index contributed by atoms with van der Waals surface area (Å²) in [5, 5.41) is 6.66. The number of carbonyl (C=O) groups is 3. The molecule has 2 N–H and O–H groups in total. The van der Waals surface area contributed by atoms with Crippen LogP contribution in [0.4, 0.5) is 10.7 Å². The van der Waals surface area contributed by atoms with E-state index in [2.05, 4.69) is 10.6 Å².